The Kier molecular flexibility index (Phi) is 10.6. The lowest BCUT2D eigenvalue weighted by atomic mass is 10.1. The average molecular weight is 382 g/mol. The van der Waals surface area contributed by atoms with Crippen LogP contribution < -0.4 is 4.83 Å². The predicted molar refractivity (Wildman–Crippen MR) is 107 cm³/mol. The number of nitrogens with zero attached hydrogens (tertiary/aromatic N) is 2. The van der Waals surface area contributed by atoms with Crippen LogP contribution in [0.1, 0.15) is 70.8 Å². The Labute approximate surface area is 157 Å². The fraction of sp³-hybridized carbons (Fsp3) is 0.579. The second-order valence-electron chi connectivity index (χ2n) is 6.40. The van der Waals surface area contributed by atoms with Crippen LogP contribution in [0.5, 0.6) is 0 Å². The van der Waals surface area contributed by atoms with Crippen LogP contribution in [-0.2, 0) is 10.0 Å². The zero-order chi connectivity index (χ0) is 19.3. The molecule has 0 fully saturated rings. The minimum absolute atomic E-state index is 0.0445. The highest BCUT2D eigenvalue weighted by Gasteiger charge is 2.12. The Morgan fingerprint density at radius 3 is 2.15 bits per heavy atom. The first-order chi connectivity index (χ1) is 12.5. The summed E-state index contributed by atoms with van der Waals surface area (Å²) in [5, 5.41) is 16.1. The van der Waals surface area contributed by atoms with Crippen molar-refractivity contribution in [3.8, 4) is 0 Å². The monoisotopic (exact) mass is 381 g/mol. The van der Waals surface area contributed by atoms with E-state index in [0.29, 0.717) is 17.7 Å². The minimum atomic E-state index is -3.50. The summed E-state index contributed by atoms with van der Waals surface area (Å²) in [7, 11) is -3.50. The van der Waals surface area contributed by atoms with E-state index in [1.807, 2.05) is 18.2 Å². The molecule has 146 valence electrons. The van der Waals surface area contributed by atoms with Gasteiger partial charge in [-0.25, -0.2) is 13.2 Å². The fourth-order valence-electron chi connectivity index (χ4n) is 2.58. The van der Waals surface area contributed by atoms with Crippen LogP contribution in [-0.4, -0.2) is 30.8 Å². The molecule has 0 saturated carbocycles. The number of hydrogen-bond acceptors (Lipinski definition) is 5. The maximum Gasteiger partial charge on any atom is 0.247 e. The molecule has 0 atom stereocenters. The molecule has 2 N–H and O–H groups in total. The summed E-state index contributed by atoms with van der Waals surface area (Å²) < 4.78 is 24.3. The van der Waals surface area contributed by atoms with Crippen molar-refractivity contribution in [3.63, 3.8) is 0 Å². The number of hydrazone groups is 1. The van der Waals surface area contributed by atoms with E-state index in [0.717, 1.165) is 19.3 Å². The second-order valence-corrected chi connectivity index (χ2v) is 8.22. The van der Waals surface area contributed by atoms with Crippen LogP contribution in [0.25, 0.3) is 0 Å². The molecule has 7 heteroatoms. The van der Waals surface area contributed by atoms with Crippen molar-refractivity contribution in [2.45, 2.75) is 65.2 Å². The van der Waals surface area contributed by atoms with Gasteiger partial charge in [-0.2, -0.15) is 5.10 Å². The number of sulfonamides is 1. The van der Waals surface area contributed by atoms with Crippen molar-refractivity contribution in [1.29, 1.82) is 0 Å². The molecule has 0 aromatic heterocycles. The quantitative estimate of drug-likeness (QED) is 0.231. The van der Waals surface area contributed by atoms with Gasteiger partial charge in [-0.15, -0.1) is 0 Å². The lowest BCUT2D eigenvalue weighted by Gasteiger charge is -2.08. The van der Waals surface area contributed by atoms with E-state index >= 15 is 0 Å². The maximum atomic E-state index is 12.1. The van der Waals surface area contributed by atoms with Crippen LogP contribution in [0.3, 0.4) is 0 Å². The number of rotatable bonds is 13. The van der Waals surface area contributed by atoms with Crippen LogP contribution in [0.2, 0.25) is 0 Å². The van der Waals surface area contributed by atoms with E-state index < -0.39 is 10.0 Å². The number of oxime groups is 1. The van der Waals surface area contributed by atoms with Crippen LogP contribution in [0.15, 0.2) is 40.6 Å². The smallest absolute Gasteiger partial charge is 0.247 e. The molecule has 1 rings (SSSR count). The van der Waals surface area contributed by atoms with Crippen molar-refractivity contribution in [1.82, 2.24) is 4.83 Å². The molecule has 0 aliphatic heterocycles. The van der Waals surface area contributed by atoms with Crippen LogP contribution in [0, 0.1) is 0 Å². The third kappa shape index (κ3) is 8.99. The van der Waals surface area contributed by atoms with E-state index in [9.17, 15) is 8.42 Å². The van der Waals surface area contributed by atoms with Gasteiger partial charge in [0.05, 0.1) is 5.75 Å². The van der Waals surface area contributed by atoms with E-state index in [2.05, 4.69) is 22.0 Å². The van der Waals surface area contributed by atoms with Crippen molar-refractivity contribution in [3.05, 3.63) is 35.9 Å². The summed E-state index contributed by atoms with van der Waals surface area (Å²) in [6.07, 6.45) is 8.74. The summed E-state index contributed by atoms with van der Waals surface area (Å²) >= 11 is 0. The van der Waals surface area contributed by atoms with Crippen molar-refractivity contribution >= 4 is 21.4 Å². The Bertz CT molecular complexity index is 671. The fourth-order valence-corrected chi connectivity index (χ4v) is 3.49. The van der Waals surface area contributed by atoms with Crippen molar-refractivity contribution < 1.29 is 13.6 Å². The topological polar surface area (TPSA) is 91.1 Å². The standard InChI is InChI=1S/C19H31N3O3S/c1-3-4-5-6-7-8-9-13-16-26(24,25)22-20-19(17(2)21-23)18-14-11-10-12-15-18/h10-12,14-15,22-23H,3-9,13,16H2,1-2H3/b20-19+,21-17+. The average Bonchev–Trinajstić information content (AvgIpc) is 2.64. The summed E-state index contributed by atoms with van der Waals surface area (Å²) in [6.45, 7) is 3.76. The molecule has 26 heavy (non-hydrogen) atoms. The molecule has 0 radical (unpaired) electrons. The van der Waals surface area contributed by atoms with Crippen LogP contribution in [0.4, 0.5) is 0 Å². The number of nitrogens with one attached hydrogen (secondary N) is 1. The molecule has 1 aromatic rings. The Morgan fingerprint density at radius 1 is 1.00 bits per heavy atom. The molecule has 0 spiro atoms. The highest BCUT2D eigenvalue weighted by molar-refractivity contribution is 7.89. The van der Waals surface area contributed by atoms with Gasteiger partial charge in [0, 0.05) is 5.56 Å². The van der Waals surface area contributed by atoms with Crippen molar-refractivity contribution in [2.24, 2.45) is 10.3 Å². The first-order valence-electron chi connectivity index (χ1n) is 9.31. The normalized spacial score (nSPS) is 13.0. The zero-order valence-electron chi connectivity index (χ0n) is 15.8. The van der Waals surface area contributed by atoms with E-state index in [-0.39, 0.29) is 11.5 Å². The van der Waals surface area contributed by atoms with Gasteiger partial charge in [-0.1, -0.05) is 87.4 Å². The second kappa shape index (κ2) is 12.5. The highest BCUT2D eigenvalue weighted by Crippen LogP contribution is 2.09. The first kappa shape index (κ1) is 22.2. The lowest BCUT2D eigenvalue weighted by molar-refractivity contribution is 0.320. The molecular formula is C19H31N3O3S. The molecule has 0 unspecified atom stereocenters. The van der Waals surface area contributed by atoms with E-state index in [1.54, 1.807) is 19.1 Å². The maximum absolute atomic E-state index is 12.1. The predicted octanol–water partition coefficient (Wildman–Crippen LogP) is 4.30. The van der Waals surface area contributed by atoms with E-state index in [4.69, 9.17) is 5.21 Å². The summed E-state index contributed by atoms with van der Waals surface area (Å²) in [5.41, 5.74) is 1.22. The van der Waals surface area contributed by atoms with Gasteiger partial charge in [-0.05, 0) is 13.3 Å². The number of hydrogen-bond donors (Lipinski definition) is 2. The molecule has 0 amide bonds. The summed E-state index contributed by atoms with van der Waals surface area (Å²) in [5.74, 6) is 0.0445. The van der Waals surface area contributed by atoms with Gasteiger partial charge >= 0.3 is 0 Å². The van der Waals surface area contributed by atoms with E-state index in [1.165, 1.54) is 25.7 Å². The van der Waals surface area contributed by atoms with Crippen molar-refractivity contribution in [2.75, 3.05) is 5.75 Å². The SMILES string of the molecule is CCCCCCCCCCS(=O)(=O)N/N=C(\C(C)=N\O)c1ccccc1. The molecule has 1 aromatic carbocycles. The number of unbranched alkanes of at least 4 members (excludes halogenated alkanes) is 7. The zero-order valence-corrected chi connectivity index (χ0v) is 16.6. The van der Waals surface area contributed by atoms with Gasteiger partial charge in [0.1, 0.15) is 11.4 Å². The highest BCUT2D eigenvalue weighted by atomic mass is 32.2. The van der Waals surface area contributed by atoms with Gasteiger partial charge in [0.2, 0.25) is 10.0 Å². The van der Waals surface area contributed by atoms with Gasteiger partial charge < -0.3 is 5.21 Å². The molecule has 0 heterocycles. The minimum Gasteiger partial charge on any atom is -0.411 e. The Hall–Kier alpha value is -1.89. The van der Waals surface area contributed by atoms with Crippen LogP contribution >= 0.6 is 0 Å². The summed E-state index contributed by atoms with van der Waals surface area (Å²) in [4.78, 5) is 2.26. The molecule has 0 aliphatic rings. The van der Waals surface area contributed by atoms with Gasteiger partial charge in [-0.3, -0.25) is 0 Å². The van der Waals surface area contributed by atoms with Gasteiger partial charge in [0.25, 0.3) is 0 Å². The Balaban J connectivity index is 2.50. The molecule has 0 saturated heterocycles. The molecule has 0 bridgehead atoms. The molecule has 0 aliphatic carbocycles. The molecular weight excluding hydrogens is 350 g/mol. The van der Waals surface area contributed by atoms with Gasteiger partial charge in [0.15, 0.2) is 0 Å². The third-order valence-electron chi connectivity index (χ3n) is 4.10. The Morgan fingerprint density at radius 2 is 1.58 bits per heavy atom. The largest absolute Gasteiger partial charge is 0.411 e. The first-order valence-corrected chi connectivity index (χ1v) is 11.0. The molecule has 6 nitrogen and oxygen atoms in total. The third-order valence-corrected chi connectivity index (χ3v) is 5.30. The summed E-state index contributed by atoms with van der Waals surface area (Å²) in [6, 6.07) is 9.02. The lowest BCUT2D eigenvalue weighted by Crippen LogP contribution is -2.25. The number of benzene rings is 1.